The zero-order chi connectivity index (χ0) is 19.4. The summed E-state index contributed by atoms with van der Waals surface area (Å²) in [4.78, 5) is 8.54. The number of benzene rings is 1. The topological polar surface area (TPSA) is 85.1 Å². The van der Waals surface area contributed by atoms with Gasteiger partial charge in [-0.1, -0.05) is 6.08 Å². The van der Waals surface area contributed by atoms with Gasteiger partial charge in [0, 0.05) is 31.1 Å². The number of ether oxygens (including phenoxy) is 1. The molecule has 1 saturated heterocycles. The number of fused-ring (bicyclic) bond motifs is 2. The highest BCUT2D eigenvalue weighted by Crippen LogP contribution is 2.47. The van der Waals surface area contributed by atoms with Crippen LogP contribution < -0.4 is 21.1 Å². The highest BCUT2D eigenvalue weighted by Gasteiger charge is 2.36. The lowest BCUT2D eigenvalue weighted by molar-refractivity contribution is 0.354. The van der Waals surface area contributed by atoms with Gasteiger partial charge in [0.1, 0.15) is 17.4 Å². The van der Waals surface area contributed by atoms with Crippen LogP contribution in [0.1, 0.15) is 23.2 Å². The minimum atomic E-state index is -0.257. The molecule has 2 atom stereocenters. The van der Waals surface area contributed by atoms with Crippen molar-refractivity contribution in [1.82, 2.24) is 15.3 Å². The summed E-state index contributed by atoms with van der Waals surface area (Å²) in [6, 6.07) is 1.89. The number of hydrogen-bond acceptors (Lipinski definition) is 6. The molecule has 0 spiro atoms. The average molecular weight is 381 g/mol. The molecule has 4 N–H and O–H groups in total. The van der Waals surface area contributed by atoms with Gasteiger partial charge in [-0.3, -0.25) is 0 Å². The first kappa shape index (κ1) is 17.4. The minimum absolute atomic E-state index is 0.176. The molecule has 146 valence electrons. The van der Waals surface area contributed by atoms with E-state index in [4.69, 9.17) is 10.5 Å². The average Bonchev–Trinajstić information content (AvgIpc) is 3.36. The van der Waals surface area contributed by atoms with Crippen LogP contribution in [0, 0.1) is 24.6 Å². The van der Waals surface area contributed by atoms with E-state index in [2.05, 4.69) is 26.7 Å². The lowest BCUT2D eigenvalue weighted by Gasteiger charge is -2.18. The summed E-state index contributed by atoms with van der Waals surface area (Å²) in [6.45, 7) is 4.38. The summed E-state index contributed by atoms with van der Waals surface area (Å²) in [5.41, 5.74) is 10.4. The van der Waals surface area contributed by atoms with Crippen molar-refractivity contribution >= 4 is 17.3 Å². The first-order valence-corrected chi connectivity index (χ1v) is 9.79. The monoisotopic (exact) mass is 381 g/mol. The van der Waals surface area contributed by atoms with Crippen molar-refractivity contribution in [2.45, 2.75) is 19.8 Å². The summed E-state index contributed by atoms with van der Waals surface area (Å²) in [5, 5.41) is 6.46. The van der Waals surface area contributed by atoms with E-state index in [0.717, 1.165) is 37.1 Å². The predicted molar refractivity (Wildman–Crippen MR) is 108 cm³/mol. The number of nitrogens with two attached hydrogens (primary N) is 1. The van der Waals surface area contributed by atoms with Gasteiger partial charge >= 0.3 is 0 Å². The predicted octanol–water partition coefficient (Wildman–Crippen LogP) is 2.77. The third-order valence-corrected chi connectivity index (χ3v) is 6.13. The molecule has 2 unspecified atom stereocenters. The van der Waals surface area contributed by atoms with Crippen LogP contribution in [-0.4, -0.2) is 36.7 Å². The molecule has 1 aromatic heterocycles. The molecule has 1 fully saturated rings. The summed E-state index contributed by atoms with van der Waals surface area (Å²) in [6.07, 6.45) is 3.89. The molecule has 0 radical (unpaired) electrons. The molecular weight excluding hydrogens is 357 g/mol. The van der Waals surface area contributed by atoms with Crippen molar-refractivity contribution in [2.75, 3.05) is 37.8 Å². The van der Waals surface area contributed by atoms with E-state index in [-0.39, 0.29) is 11.8 Å². The zero-order valence-corrected chi connectivity index (χ0v) is 16.1. The fourth-order valence-electron chi connectivity index (χ4n) is 4.84. The van der Waals surface area contributed by atoms with Gasteiger partial charge in [-0.15, -0.1) is 0 Å². The standard InChI is InChI=1S/C21H24FN5O/c1-10-16(20(24-2)27-21(23)26-10)15-7-11-3-4-28-19(11)17(18(15)22)12-5-13-8-25-9-14(13)6-12/h5,7,13-14,25H,3-4,6,8-9H2,1-2H3,(H3,23,24,26,27). The molecule has 0 amide bonds. The van der Waals surface area contributed by atoms with Gasteiger partial charge < -0.3 is 21.1 Å². The Bertz CT molecular complexity index is 1000. The number of aryl methyl sites for hydroxylation is 1. The van der Waals surface area contributed by atoms with Gasteiger partial charge in [-0.05, 0) is 48.9 Å². The SMILES string of the molecule is CNc1nc(N)nc(C)c1-c1cc2c(c(C3=CC4CNCC4C3)c1F)OCC2. The van der Waals surface area contributed by atoms with E-state index in [1.807, 2.05) is 13.0 Å². The van der Waals surface area contributed by atoms with Crippen molar-refractivity contribution < 1.29 is 9.13 Å². The quantitative estimate of drug-likeness (QED) is 0.758. The summed E-state index contributed by atoms with van der Waals surface area (Å²) in [7, 11) is 1.76. The Balaban J connectivity index is 1.72. The van der Waals surface area contributed by atoms with Crippen LogP contribution in [-0.2, 0) is 6.42 Å². The third-order valence-electron chi connectivity index (χ3n) is 6.13. The van der Waals surface area contributed by atoms with E-state index in [1.165, 1.54) is 0 Å². The number of halogens is 1. The van der Waals surface area contributed by atoms with Crippen LogP contribution in [0.2, 0.25) is 0 Å². The van der Waals surface area contributed by atoms with Gasteiger partial charge in [0.2, 0.25) is 5.95 Å². The highest BCUT2D eigenvalue weighted by atomic mass is 19.1. The molecule has 6 nitrogen and oxygen atoms in total. The lowest BCUT2D eigenvalue weighted by atomic mass is 9.92. The van der Waals surface area contributed by atoms with Gasteiger partial charge in [0.05, 0.1) is 17.9 Å². The van der Waals surface area contributed by atoms with Crippen molar-refractivity contribution in [1.29, 1.82) is 0 Å². The summed E-state index contributed by atoms with van der Waals surface area (Å²) in [5.74, 6) is 2.19. The Morgan fingerprint density at radius 3 is 2.93 bits per heavy atom. The first-order chi connectivity index (χ1) is 13.6. The van der Waals surface area contributed by atoms with Gasteiger partial charge in [-0.2, -0.15) is 4.98 Å². The Morgan fingerprint density at radius 2 is 2.14 bits per heavy atom. The van der Waals surface area contributed by atoms with Crippen molar-refractivity contribution in [3.05, 3.63) is 34.8 Å². The van der Waals surface area contributed by atoms with Crippen LogP contribution in [0.15, 0.2) is 12.1 Å². The molecule has 2 aromatic rings. The molecule has 3 heterocycles. The molecular formula is C21H24FN5O. The molecule has 5 rings (SSSR count). The molecule has 1 aromatic carbocycles. The minimum Gasteiger partial charge on any atom is -0.492 e. The molecule has 0 bridgehead atoms. The van der Waals surface area contributed by atoms with E-state index < -0.39 is 0 Å². The first-order valence-electron chi connectivity index (χ1n) is 9.79. The smallest absolute Gasteiger partial charge is 0.222 e. The number of anilines is 2. The Hall–Kier alpha value is -2.67. The maximum Gasteiger partial charge on any atom is 0.222 e. The van der Waals surface area contributed by atoms with Crippen molar-refractivity contribution in [3.8, 4) is 16.9 Å². The van der Waals surface area contributed by atoms with Crippen LogP contribution in [0.25, 0.3) is 16.7 Å². The second-order valence-electron chi connectivity index (χ2n) is 7.82. The van der Waals surface area contributed by atoms with Gasteiger partial charge in [0.25, 0.3) is 0 Å². The van der Waals surface area contributed by atoms with Crippen molar-refractivity contribution in [2.24, 2.45) is 11.8 Å². The molecule has 28 heavy (non-hydrogen) atoms. The van der Waals surface area contributed by atoms with Crippen LogP contribution in [0.5, 0.6) is 5.75 Å². The van der Waals surface area contributed by atoms with Crippen molar-refractivity contribution in [3.63, 3.8) is 0 Å². The fourth-order valence-corrected chi connectivity index (χ4v) is 4.84. The van der Waals surface area contributed by atoms with Crippen LogP contribution >= 0.6 is 0 Å². The second-order valence-corrected chi connectivity index (χ2v) is 7.82. The number of aromatic nitrogens is 2. The maximum atomic E-state index is 16.0. The van der Waals surface area contributed by atoms with Gasteiger partial charge in [-0.25, -0.2) is 9.37 Å². The number of nitrogens with zero attached hydrogens (tertiary/aromatic N) is 2. The highest BCUT2D eigenvalue weighted by molar-refractivity contribution is 5.85. The molecule has 2 aliphatic heterocycles. The number of hydrogen-bond donors (Lipinski definition) is 3. The summed E-state index contributed by atoms with van der Waals surface area (Å²) >= 11 is 0. The second kappa shape index (κ2) is 6.44. The number of nitrogen functional groups attached to an aromatic ring is 1. The lowest BCUT2D eigenvalue weighted by Crippen LogP contribution is -2.10. The largest absolute Gasteiger partial charge is 0.492 e. The number of rotatable bonds is 3. The van der Waals surface area contributed by atoms with Crippen LogP contribution in [0.3, 0.4) is 0 Å². The molecule has 1 aliphatic carbocycles. The zero-order valence-electron chi connectivity index (χ0n) is 16.1. The third kappa shape index (κ3) is 2.57. The van der Waals surface area contributed by atoms with E-state index in [9.17, 15) is 0 Å². The Kier molecular flexibility index (Phi) is 4.01. The van der Waals surface area contributed by atoms with Gasteiger partial charge in [0.15, 0.2) is 0 Å². The Labute approximate surface area is 163 Å². The molecule has 3 aliphatic rings. The van der Waals surface area contributed by atoms with E-state index in [1.54, 1.807) is 7.05 Å². The molecule has 0 saturated carbocycles. The van der Waals surface area contributed by atoms with Crippen LogP contribution in [0.4, 0.5) is 16.2 Å². The fraction of sp³-hybridized carbons (Fsp3) is 0.429. The van der Waals surface area contributed by atoms with E-state index in [0.29, 0.717) is 52.4 Å². The number of allylic oxidation sites excluding steroid dienone is 1. The number of nitrogens with one attached hydrogen (secondary N) is 2. The summed E-state index contributed by atoms with van der Waals surface area (Å²) < 4.78 is 21.9. The normalized spacial score (nSPS) is 22.6. The molecule has 7 heteroatoms. The van der Waals surface area contributed by atoms with E-state index >= 15 is 4.39 Å². The maximum absolute atomic E-state index is 16.0. The Morgan fingerprint density at radius 1 is 1.29 bits per heavy atom.